The fraction of sp³-hybridized carbons (Fsp3) is 0.333. The summed E-state index contributed by atoms with van der Waals surface area (Å²) in [5.74, 6) is 0. The maximum Gasteiger partial charge on any atom is 0.0806 e. The molecule has 2 aromatic carbocycles. The van der Waals surface area contributed by atoms with Crippen LogP contribution in [0.5, 0.6) is 0 Å². The summed E-state index contributed by atoms with van der Waals surface area (Å²) in [7, 11) is 2.05. The Labute approximate surface area is 132 Å². The average Bonchev–Trinajstić information content (AvgIpc) is 2.53. The molecule has 112 valence electrons. The highest BCUT2D eigenvalue weighted by Crippen LogP contribution is 2.21. The standard InChI is InChI=1S/C18H22ClNO/c1-3-14-4-10-17(11-5-14)20(2)13-12-18(21)15-6-8-16(19)9-7-15/h4-11,18,21H,3,12-13H2,1-2H3. The minimum Gasteiger partial charge on any atom is -0.388 e. The van der Waals surface area contributed by atoms with Gasteiger partial charge in [-0.15, -0.1) is 0 Å². The lowest BCUT2D eigenvalue weighted by Gasteiger charge is -2.21. The number of anilines is 1. The predicted molar refractivity (Wildman–Crippen MR) is 90.1 cm³/mol. The zero-order valence-electron chi connectivity index (χ0n) is 12.6. The SMILES string of the molecule is CCc1ccc(N(C)CCC(O)c2ccc(Cl)cc2)cc1. The Morgan fingerprint density at radius 2 is 1.67 bits per heavy atom. The van der Waals surface area contributed by atoms with Gasteiger partial charge in [0.15, 0.2) is 0 Å². The van der Waals surface area contributed by atoms with E-state index in [0.29, 0.717) is 11.4 Å². The molecule has 0 fully saturated rings. The second kappa shape index (κ2) is 7.48. The van der Waals surface area contributed by atoms with Gasteiger partial charge in [-0.2, -0.15) is 0 Å². The van der Waals surface area contributed by atoms with Crippen LogP contribution < -0.4 is 4.90 Å². The topological polar surface area (TPSA) is 23.5 Å². The summed E-state index contributed by atoms with van der Waals surface area (Å²) in [5, 5.41) is 10.9. The summed E-state index contributed by atoms with van der Waals surface area (Å²) < 4.78 is 0. The molecule has 0 aliphatic heterocycles. The van der Waals surface area contributed by atoms with Crippen molar-refractivity contribution in [1.29, 1.82) is 0 Å². The van der Waals surface area contributed by atoms with Gasteiger partial charge in [-0.1, -0.05) is 42.8 Å². The van der Waals surface area contributed by atoms with Gasteiger partial charge < -0.3 is 10.0 Å². The van der Waals surface area contributed by atoms with Crippen molar-refractivity contribution in [2.24, 2.45) is 0 Å². The van der Waals surface area contributed by atoms with Crippen molar-refractivity contribution in [2.75, 3.05) is 18.5 Å². The first-order chi connectivity index (χ1) is 10.1. The molecule has 0 heterocycles. The number of hydrogen-bond acceptors (Lipinski definition) is 2. The van der Waals surface area contributed by atoms with Crippen molar-refractivity contribution in [3.05, 3.63) is 64.7 Å². The van der Waals surface area contributed by atoms with Crippen LogP contribution in [-0.2, 0) is 6.42 Å². The summed E-state index contributed by atoms with van der Waals surface area (Å²) in [6.45, 7) is 2.95. The van der Waals surface area contributed by atoms with E-state index in [1.165, 1.54) is 11.3 Å². The smallest absolute Gasteiger partial charge is 0.0806 e. The Bertz CT molecular complexity index is 550. The van der Waals surface area contributed by atoms with Crippen molar-refractivity contribution in [3.8, 4) is 0 Å². The van der Waals surface area contributed by atoms with Gasteiger partial charge in [-0.05, 0) is 48.2 Å². The second-order valence-corrected chi connectivity index (χ2v) is 5.73. The Morgan fingerprint density at radius 1 is 1.05 bits per heavy atom. The van der Waals surface area contributed by atoms with Crippen LogP contribution in [0, 0.1) is 0 Å². The van der Waals surface area contributed by atoms with Gasteiger partial charge in [0.05, 0.1) is 6.10 Å². The van der Waals surface area contributed by atoms with Crippen LogP contribution >= 0.6 is 11.6 Å². The van der Waals surface area contributed by atoms with E-state index in [4.69, 9.17) is 11.6 Å². The molecule has 0 amide bonds. The molecule has 0 bridgehead atoms. The summed E-state index contributed by atoms with van der Waals surface area (Å²) >= 11 is 5.86. The van der Waals surface area contributed by atoms with Gasteiger partial charge in [0.25, 0.3) is 0 Å². The van der Waals surface area contributed by atoms with Gasteiger partial charge in [-0.25, -0.2) is 0 Å². The third-order valence-electron chi connectivity index (χ3n) is 3.78. The fourth-order valence-corrected chi connectivity index (χ4v) is 2.41. The fourth-order valence-electron chi connectivity index (χ4n) is 2.28. The maximum atomic E-state index is 10.2. The first-order valence-electron chi connectivity index (χ1n) is 7.33. The molecule has 2 rings (SSSR count). The van der Waals surface area contributed by atoms with Crippen molar-refractivity contribution in [2.45, 2.75) is 25.9 Å². The molecule has 1 atom stereocenters. The summed E-state index contributed by atoms with van der Waals surface area (Å²) in [6.07, 6.45) is 1.28. The van der Waals surface area contributed by atoms with Crippen LogP contribution in [-0.4, -0.2) is 18.7 Å². The molecule has 0 saturated heterocycles. The Kier molecular flexibility index (Phi) is 5.66. The Morgan fingerprint density at radius 3 is 2.24 bits per heavy atom. The van der Waals surface area contributed by atoms with E-state index < -0.39 is 6.10 Å². The van der Waals surface area contributed by atoms with E-state index in [0.717, 1.165) is 18.5 Å². The van der Waals surface area contributed by atoms with E-state index in [1.54, 1.807) is 0 Å². The average molecular weight is 304 g/mol. The number of hydrogen-bond donors (Lipinski definition) is 1. The lowest BCUT2D eigenvalue weighted by atomic mass is 10.1. The van der Waals surface area contributed by atoms with E-state index >= 15 is 0 Å². The van der Waals surface area contributed by atoms with Gasteiger partial charge in [0.1, 0.15) is 0 Å². The highest BCUT2D eigenvalue weighted by molar-refractivity contribution is 6.30. The Hall–Kier alpha value is -1.51. The molecular weight excluding hydrogens is 282 g/mol. The number of benzene rings is 2. The number of nitrogens with zero attached hydrogens (tertiary/aromatic N) is 1. The van der Waals surface area contributed by atoms with E-state index in [2.05, 4.69) is 43.1 Å². The van der Waals surface area contributed by atoms with Crippen LogP contribution in [0.2, 0.25) is 5.02 Å². The molecule has 0 aliphatic rings. The van der Waals surface area contributed by atoms with Crippen LogP contribution in [0.3, 0.4) is 0 Å². The third kappa shape index (κ3) is 4.48. The molecule has 1 unspecified atom stereocenters. The van der Waals surface area contributed by atoms with Crippen molar-refractivity contribution < 1.29 is 5.11 Å². The van der Waals surface area contributed by atoms with Crippen LogP contribution in [0.25, 0.3) is 0 Å². The number of aliphatic hydroxyl groups is 1. The molecule has 21 heavy (non-hydrogen) atoms. The van der Waals surface area contributed by atoms with Gasteiger partial charge >= 0.3 is 0 Å². The molecule has 1 N–H and O–H groups in total. The summed E-state index contributed by atoms with van der Waals surface area (Å²) in [6, 6.07) is 16.0. The quantitative estimate of drug-likeness (QED) is 0.851. The predicted octanol–water partition coefficient (Wildman–Crippen LogP) is 4.46. The minimum absolute atomic E-state index is 0.459. The number of aryl methyl sites for hydroxylation is 1. The second-order valence-electron chi connectivity index (χ2n) is 5.30. The van der Waals surface area contributed by atoms with Gasteiger partial charge in [0, 0.05) is 24.3 Å². The molecule has 0 saturated carbocycles. The van der Waals surface area contributed by atoms with Crippen LogP contribution in [0.1, 0.15) is 30.6 Å². The molecule has 3 heteroatoms. The highest BCUT2D eigenvalue weighted by atomic mass is 35.5. The number of halogens is 1. The van der Waals surface area contributed by atoms with Crippen molar-refractivity contribution in [1.82, 2.24) is 0 Å². The normalized spacial score (nSPS) is 12.2. The van der Waals surface area contributed by atoms with E-state index in [-0.39, 0.29) is 0 Å². The number of rotatable bonds is 6. The molecule has 0 aromatic heterocycles. The third-order valence-corrected chi connectivity index (χ3v) is 4.03. The maximum absolute atomic E-state index is 10.2. The lowest BCUT2D eigenvalue weighted by molar-refractivity contribution is 0.170. The van der Waals surface area contributed by atoms with Crippen molar-refractivity contribution >= 4 is 17.3 Å². The summed E-state index contributed by atoms with van der Waals surface area (Å²) in [4.78, 5) is 2.17. The first-order valence-corrected chi connectivity index (χ1v) is 7.71. The highest BCUT2D eigenvalue weighted by Gasteiger charge is 2.09. The minimum atomic E-state index is -0.459. The molecule has 0 spiro atoms. The zero-order valence-corrected chi connectivity index (χ0v) is 13.3. The molecule has 0 radical (unpaired) electrons. The van der Waals surface area contributed by atoms with Gasteiger partial charge in [-0.3, -0.25) is 0 Å². The molecule has 0 aliphatic carbocycles. The number of aliphatic hydroxyl groups excluding tert-OH is 1. The monoisotopic (exact) mass is 303 g/mol. The molecule has 2 nitrogen and oxygen atoms in total. The van der Waals surface area contributed by atoms with Gasteiger partial charge in [0.2, 0.25) is 0 Å². The first kappa shape index (κ1) is 15.9. The Balaban J connectivity index is 1.90. The molecular formula is C18H22ClNO. The lowest BCUT2D eigenvalue weighted by Crippen LogP contribution is -2.20. The molecule has 2 aromatic rings. The van der Waals surface area contributed by atoms with Crippen LogP contribution in [0.4, 0.5) is 5.69 Å². The van der Waals surface area contributed by atoms with E-state index in [1.807, 2.05) is 24.3 Å². The largest absolute Gasteiger partial charge is 0.388 e. The summed E-state index contributed by atoms with van der Waals surface area (Å²) in [5.41, 5.74) is 3.43. The van der Waals surface area contributed by atoms with Crippen LogP contribution in [0.15, 0.2) is 48.5 Å². The van der Waals surface area contributed by atoms with E-state index in [9.17, 15) is 5.11 Å². The zero-order chi connectivity index (χ0) is 15.2. The van der Waals surface area contributed by atoms with Crippen molar-refractivity contribution in [3.63, 3.8) is 0 Å².